The van der Waals surface area contributed by atoms with Gasteiger partial charge in [0.2, 0.25) is 0 Å². The number of aromatic nitrogens is 4. The van der Waals surface area contributed by atoms with Crippen molar-refractivity contribution in [3.05, 3.63) is 52.8 Å². The molecular weight excluding hydrogens is 428 g/mol. The van der Waals surface area contributed by atoms with E-state index in [1.807, 2.05) is 36.1 Å². The van der Waals surface area contributed by atoms with Crippen molar-refractivity contribution in [2.24, 2.45) is 5.92 Å². The lowest BCUT2D eigenvalue weighted by Crippen LogP contribution is -2.50. The lowest BCUT2D eigenvalue weighted by Gasteiger charge is -2.38. The van der Waals surface area contributed by atoms with E-state index in [2.05, 4.69) is 20.1 Å². The van der Waals surface area contributed by atoms with Gasteiger partial charge >= 0.3 is 5.97 Å². The molecule has 0 saturated carbocycles. The van der Waals surface area contributed by atoms with Gasteiger partial charge in [-0.05, 0) is 37.8 Å². The second kappa shape index (κ2) is 8.34. The molecule has 2 aromatic heterocycles. The Labute approximate surface area is 189 Å². The molecule has 0 bridgehead atoms. The number of aryl methyl sites for hydroxylation is 1. The van der Waals surface area contributed by atoms with Crippen LogP contribution in [0.4, 0.5) is 5.13 Å². The van der Waals surface area contributed by atoms with Gasteiger partial charge in [-0.15, -0.1) is 11.3 Å². The van der Waals surface area contributed by atoms with Gasteiger partial charge in [-0.1, -0.05) is 12.1 Å². The maximum atomic E-state index is 13.5. The number of nitrogens with zero attached hydrogens (tertiary/aromatic N) is 6. The van der Waals surface area contributed by atoms with E-state index >= 15 is 0 Å². The Kier molecular flexibility index (Phi) is 5.38. The molecule has 1 amide bonds. The van der Waals surface area contributed by atoms with Gasteiger partial charge in [0.25, 0.3) is 5.91 Å². The monoisotopic (exact) mass is 452 g/mol. The number of likely N-dealkylation sites (tertiary alicyclic amines) is 1. The average molecular weight is 453 g/mol. The Bertz CT molecular complexity index is 1140. The number of ether oxygens (including phenoxy) is 1. The van der Waals surface area contributed by atoms with Gasteiger partial charge in [-0.25, -0.2) is 9.78 Å². The molecule has 2 aliphatic rings. The molecule has 9 nitrogen and oxygen atoms in total. The van der Waals surface area contributed by atoms with Crippen LogP contribution in [0.3, 0.4) is 0 Å². The van der Waals surface area contributed by atoms with Crippen molar-refractivity contribution >= 4 is 28.3 Å². The number of amides is 1. The smallest absolute Gasteiger partial charge is 0.357 e. The van der Waals surface area contributed by atoms with Crippen LogP contribution in [0.5, 0.6) is 0 Å². The van der Waals surface area contributed by atoms with Gasteiger partial charge in [-0.3, -0.25) is 4.79 Å². The fourth-order valence-electron chi connectivity index (χ4n) is 4.69. The highest BCUT2D eigenvalue weighted by Gasteiger charge is 2.41. The number of hydrogen-bond acceptors (Lipinski definition) is 8. The highest BCUT2D eigenvalue weighted by Crippen LogP contribution is 2.38. The van der Waals surface area contributed by atoms with Crippen molar-refractivity contribution < 1.29 is 14.3 Å². The first-order valence-electron chi connectivity index (χ1n) is 10.6. The maximum Gasteiger partial charge on any atom is 0.357 e. The minimum Gasteiger partial charge on any atom is -0.464 e. The van der Waals surface area contributed by atoms with Crippen molar-refractivity contribution in [3.63, 3.8) is 0 Å². The zero-order valence-electron chi connectivity index (χ0n) is 18.0. The number of para-hydroxylation sites is 1. The van der Waals surface area contributed by atoms with Crippen molar-refractivity contribution in [1.82, 2.24) is 24.9 Å². The van der Waals surface area contributed by atoms with Gasteiger partial charge < -0.3 is 14.5 Å². The van der Waals surface area contributed by atoms with E-state index in [1.165, 1.54) is 23.2 Å². The van der Waals surface area contributed by atoms with Crippen LogP contribution in [-0.4, -0.2) is 69.5 Å². The summed E-state index contributed by atoms with van der Waals surface area (Å²) < 4.78 is 4.86. The van der Waals surface area contributed by atoms with Crippen LogP contribution in [0.25, 0.3) is 5.69 Å². The lowest BCUT2D eigenvalue weighted by atomic mass is 9.92. The van der Waals surface area contributed by atoms with Gasteiger partial charge in [-0.2, -0.15) is 15.0 Å². The van der Waals surface area contributed by atoms with E-state index in [-0.39, 0.29) is 11.9 Å². The molecule has 3 aromatic rings. The van der Waals surface area contributed by atoms with E-state index in [9.17, 15) is 9.59 Å². The third-order valence-electron chi connectivity index (χ3n) is 6.33. The molecule has 32 heavy (non-hydrogen) atoms. The topological polar surface area (TPSA) is 93.5 Å². The number of hydrogen-bond donors (Lipinski definition) is 0. The Balaban J connectivity index is 1.39. The number of carbonyl (C=O) groups is 2. The van der Waals surface area contributed by atoms with E-state index in [4.69, 9.17) is 4.74 Å². The third-order valence-corrected chi connectivity index (χ3v) is 7.34. The van der Waals surface area contributed by atoms with Crippen LogP contribution in [0.15, 0.2) is 36.7 Å². The van der Waals surface area contributed by atoms with E-state index in [0.29, 0.717) is 29.4 Å². The van der Waals surface area contributed by atoms with Crippen molar-refractivity contribution in [2.75, 3.05) is 31.6 Å². The Morgan fingerprint density at radius 1 is 1.12 bits per heavy atom. The van der Waals surface area contributed by atoms with E-state index in [0.717, 1.165) is 35.9 Å². The predicted octanol–water partition coefficient (Wildman–Crippen LogP) is 2.56. The molecule has 4 heterocycles. The third kappa shape index (κ3) is 3.54. The molecule has 2 fully saturated rings. The SMILES string of the molecule is COC(=O)c1nc(N2CC[C@H]3CCN(C(=O)c4ccccc4-n4nccn4)C[C@H]32)sc1C. The number of piperidine rings is 1. The Morgan fingerprint density at radius 2 is 1.88 bits per heavy atom. The summed E-state index contributed by atoms with van der Waals surface area (Å²) in [6.45, 7) is 4.10. The molecule has 0 unspecified atom stereocenters. The molecule has 0 aliphatic carbocycles. The van der Waals surface area contributed by atoms with E-state index < -0.39 is 5.97 Å². The largest absolute Gasteiger partial charge is 0.464 e. The highest BCUT2D eigenvalue weighted by atomic mass is 32.1. The first-order valence-corrected chi connectivity index (χ1v) is 11.5. The van der Waals surface area contributed by atoms with Crippen molar-refractivity contribution in [1.29, 1.82) is 0 Å². The number of benzene rings is 1. The number of esters is 1. The molecule has 0 N–H and O–H groups in total. The fourth-order valence-corrected chi connectivity index (χ4v) is 5.67. The fraction of sp³-hybridized carbons (Fsp3) is 0.409. The zero-order chi connectivity index (χ0) is 22.2. The average Bonchev–Trinajstić information content (AvgIpc) is 3.57. The van der Waals surface area contributed by atoms with Crippen LogP contribution in [0.1, 0.15) is 38.6 Å². The van der Waals surface area contributed by atoms with Crippen LogP contribution < -0.4 is 4.90 Å². The summed E-state index contributed by atoms with van der Waals surface area (Å²) in [5.74, 6) is 0.0756. The second-order valence-corrected chi connectivity index (χ2v) is 9.26. The summed E-state index contributed by atoms with van der Waals surface area (Å²) in [5.41, 5.74) is 1.64. The molecular formula is C22H24N6O3S. The molecule has 1 aromatic carbocycles. The number of methoxy groups -OCH3 is 1. The summed E-state index contributed by atoms with van der Waals surface area (Å²) in [6, 6.07) is 7.60. The van der Waals surface area contributed by atoms with Crippen LogP contribution in [-0.2, 0) is 4.74 Å². The van der Waals surface area contributed by atoms with Crippen LogP contribution >= 0.6 is 11.3 Å². The second-order valence-electron chi connectivity index (χ2n) is 8.08. The molecule has 2 atom stereocenters. The van der Waals surface area contributed by atoms with Gasteiger partial charge in [0.05, 0.1) is 36.8 Å². The number of anilines is 1. The number of fused-ring (bicyclic) bond motifs is 1. The first kappa shape index (κ1) is 20.6. The number of rotatable bonds is 4. The standard InChI is InChI=1S/C22H24N6O3S/c1-14-19(21(30)31-2)25-22(32-14)27-12-8-15-7-11-26(13-18(15)27)20(29)16-5-3-4-6-17(16)28-23-9-10-24-28/h3-6,9-10,15,18H,7-8,11-13H2,1-2H3/t15-,18-/m1/s1. The Morgan fingerprint density at radius 3 is 2.66 bits per heavy atom. The number of thiazole rings is 1. The van der Waals surface area contributed by atoms with Crippen molar-refractivity contribution in [2.45, 2.75) is 25.8 Å². The normalized spacial score (nSPS) is 20.3. The van der Waals surface area contributed by atoms with Gasteiger partial charge in [0.1, 0.15) is 0 Å². The summed E-state index contributed by atoms with van der Waals surface area (Å²) in [5, 5.41) is 9.21. The van der Waals surface area contributed by atoms with Gasteiger partial charge in [0, 0.05) is 24.5 Å². The minimum absolute atomic E-state index is 0.0197. The maximum absolute atomic E-state index is 13.5. The minimum atomic E-state index is -0.412. The molecule has 0 spiro atoms. The van der Waals surface area contributed by atoms with Crippen molar-refractivity contribution in [3.8, 4) is 5.69 Å². The van der Waals surface area contributed by atoms with Crippen LogP contribution in [0.2, 0.25) is 0 Å². The van der Waals surface area contributed by atoms with Crippen LogP contribution in [0, 0.1) is 12.8 Å². The molecule has 166 valence electrons. The molecule has 0 radical (unpaired) electrons. The molecule has 2 saturated heterocycles. The zero-order valence-corrected chi connectivity index (χ0v) is 18.8. The molecule has 10 heteroatoms. The summed E-state index contributed by atoms with van der Waals surface area (Å²) >= 11 is 1.51. The molecule has 2 aliphatic heterocycles. The Hall–Kier alpha value is -3.27. The molecule has 5 rings (SSSR count). The lowest BCUT2D eigenvalue weighted by molar-refractivity contribution is 0.0594. The first-order chi connectivity index (χ1) is 15.6. The summed E-state index contributed by atoms with van der Waals surface area (Å²) in [6.07, 6.45) is 5.21. The van der Waals surface area contributed by atoms with Gasteiger partial charge in [0.15, 0.2) is 10.8 Å². The summed E-state index contributed by atoms with van der Waals surface area (Å²) in [7, 11) is 1.37. The summed E-state index contributed by atoms with van der Waals surface area (Å²) in [4.78, 5) is 36.6. The highest BCUT2D eigenvalue weighted by molar-refractivity contribution is 7.15. The quantitative estimate of drug-likeness (QED) is 0.562. The predicted molar refractivity (Wildman–Crippen MR) is 119 cm³/mol. The van der Waals surface area contributed by atoms with E-state index in [1.54, 1.807) is 12.4 Å². The number of carbonyl (C=O) groups excluding carboxylic acids is 2.